The lowest BCUT2D eigenvalue weighted by Gasteiger charge is -2.15. The first-order chi connectivity index (χ1) is 9.58. The molecule has 20 heavy (non-hydrogen) atoms. The Balaban J connectivity index is 2.21. The molecule has 3 rings (SSSR count). The van der Waals surface area contributed by atoms with Crippen LogP contribution in [0.5, 0.6) is 0 Å². The summed E-state index contributed by atoms with van der Waals surface area (Å²) in [5, 5.41) is 13.7. The number of carboxylic acid groups (broad SMARTS) is 1. The van der Waals surface area contributed by atoms with E-state index in [1.165, 1.54) is 0 Å². The molecule has 0 spiro atoms. The van der Waals surface area contributed by atoms with Crippen LogP contribution >= 0.6 is 15.9 Å². The van der Waals surface area contributed by atoms with Crippen LogP contribution in [0.4, 0.5) is 0 Å². The number of halogens is 1. The van der Waals surface area contributed by atoms with E-state index in [1.54, 1.807) is 0 Å². The van der Waals surface area contributed by atoms with Crippen molar-refractivity contribution in [1.82, 2.24) is 9.78 Å². The molecular formula is C15H15BrN2O2. The second-order valence-electron chi connectivity index (χ2n) is 5.13. The summed E-state index contributed by atoms with van der Waals surface area (Å²) in [6, 6.07) is 5.96. The first-order valence-corrected chi connectivity index (χ1v) is 7.48. The van der Waals surface area contributed by atoms with Gasteiger partial charge in [0, 0.05) is 15.7 Å². The number of aromatic nitrogens is 2. The molecule has 0 fully saturated rings. The highest BCUT2D eigenvalue weighted by Gasteiger charge is 2.25. The van der Waals surface area contributed by atoms with Crippen LogP contribution in [0.2, 0.25) is 0 Å². The molecule has 5 heteroatoms. The van der Waals surface area contributed by atoms with E-state index in [4.69, 9.17) is 0 Å². The van der Waals surface area contributed by atoms with Gasteiger partial charge in [-0.2, -0.15) is 5.10 Å². The molecule has 0 unspecified atom stereocenters. The summed E-state index contributed by atoms with van der Waals surface area (Å²) in [6.45, 7) is 2.01. The predicted molar refractivity (Wildman–Crippen MR) is 79.6 cm³/mol. The minimum atomic E-state index is -0.934. The van der Waals surface area contributed by atoms with Gasteiger partial charge < -0.3 is 5.11 Å². The number of carbonyl (C=O) groups is 1. The molecule has 2 aromatic rings. The molecule has 0 aliphatic heterocycles. The highest BCUT2D eigenvalue weighted by atomic mass is 79.9. The van der Waals surface area contributed by atoms with E-state index in [1.807, 2.05) is 29.8 Å². The van der Waals surface area contributed by atoms with Crippen LogP contribution in [0, 0.1) is 6.92 Å². The second-order valence-corrected chi connectivity index (χ2v) is 6.04. The van der Waals surface area contributed by atoms with Crippen molar-refractivity contribution in [3.63, 3.8) is 0 Å². The van der Waals surface area contributed by atoms with E-state index in [0.717, 1.165) is 52.7 Å². The molecular weight excluding hydrogens is 320 g/mol. The molecule has 0 atom stereocenters. The van der Waals surface area contributed by atoms with Gasteiger partial charge in [-0.3, -0.25) is 0 Å². The molecule has 1 heterocycles. The van der Waals surface area contributed by atoms with Crippen molar-refractivity contribution in [2.45, 2.75) is 32.6 Å². The summed E-state index contributed by atoms with van der Waals surface area (Å²) in [5.74, 6) is -0.934. The van der Waals surface area contributed by atoms with Crippen LogP contribution in [0.1, 0.15) is 40.2 Å². The van der Waals surface area contributed by atoms with Gasteiger partial charge in [-0.25, -0.2) is 9.48 Å². The maximum atomic E-state index is 11.4. The van der Waals surface area contributed by atoms with Gasteiger partial charge in [0.15, 0.2) is 5.69 Å². The Bertz CT molecular complexity index is 691. The first-order valence-electron chi connectivity index (χ1n) is 6.68. The van der Waals surface area contributed by atoms with E-state index in [9.17, 15) is 9.90 Å². The molecule has 0 saturated carbocycles. The summed E-state index contributed by atoms with van der Waals surface area (Å²) < 4.78 is 2.83. The summed E-state index contributed by atoms with van der Waals surface area (Å²) in [5.41, 5.74) is 4.21. The quantitative estimate of drug-likeness (QED) is 0.914. The average molecular weight is 335 g/mol. The number of benzene rings is 1. The van der Waals surface area contributed by atoms with Crippen LogP contribution in [0.15, 0.2) is 22.7 Å². The van der Waals surface area contributed by atoms with Gasteiger partial charge in [0.1, 0.15) is 0 Å². The average Bonchev–Trinajstić information content (AvgIpc) is 2.78. The summed E-state index contributed by atoms with van der Waals surface area (Å²) >= 11 is 3.45. The molecule has 0 bridgehead atoms. The van der Waals surface area contributed by atoms with E-state index in [-0.39, 0.29) is 5.69 Å². The van der Waals surface area contributed by atoms with Crippen molar-refractivity contribution in [1.29, 1.82) is 0 Å². The molecule has 1 aromatic heterocycles. The molecule has 1 aliphatic carbocycles. The normalized spacial score (nSPS) is 14.1. The van der Waals surface area contributed by atoms with Crippen molar-refractivity contribution in [2.24, 2.45) is 0 Å². The zero-order valence-corrected chi connectivity index (χ0v) is 12.8. The van der Waals surface area contributed by atoms with Gasteiger partial charge in [0.2, 0.25) is 0 Å². The lowest BCUT2D eigenvalue weighted by atomic mass is 9.95. The van der Waals surface area contributed by atoms with Gasteiger partial charge in [-0.15, -0.1) is 0 Å². The Kier molecular flexibility index (Phi) is 3.38. The van der Waals surface area contributed by atoms with Crippen molar-refractivity contribution < 1.29 is 9.90 Å². The Morgan fingerprint density at radius 2 is 2.10 bits per heavy atom. The van der Waals surface area contributed by atoms with Gasteiger partial charge in [-0.1, -0.05) is 15.9 Å². The van der Waals surface area contributed by atoms with Gasteiger partial charge in [0.05, 0.1) is 5.69 Å². The van der Waals surface area contributed by atoms with Crippen molar-refractivity contribution in [2.75, 3.05) is 0 Å². The fourth-order valence-electron chi connectivity index (χ4n) is 2.83. The fraction of sp³-hybridized carbons (Fsp3) is 0.333. The number of fused-ring (bicyclic) bond motifs is 1. The Morgan fingerprint density at radius 3 is 2.80 bits per heavy atom. The standard InChI is InChI=1S/C15H15BrN2O2/c1-9-8-10(16)6-7-12(9)18-13-5-3-2-4-11(13)14(17-18)15(19)20/h6-8H,2-5H2,1H3,(H,19,20). The maximum Gasteiger partial charge on any atom is 0.356 e. The molecule has 0 saturated heterocycles. The van der Waals surface area contributed by atoms with E-state index < -0.39 is 5.97 Å². The predicted octanol–water partition coefficient (Wildman–Crippen LogP) is 3.52. The van der Waals surface area contributed by atoms with E-state index in [2.05, 4.69) is 21.0 Å². The van der Waals surface area contributed by atoms with E-state index >= 15 is 0 Å². The third-order valence-corrected chi connectivity index (χ3v) is 4.26. The fourth-order valence-corrected chi connectivity index (χ4v) is 3.30. The highest BCUT2D eigenvalue weighted by Crippen LogP contribution is 2.28. The summed E-state index contributed by atoms with van der Waals surface area (Å²) in [6.07, 6.45) is 3.84. The van der Waals surface area contributed by atoms with Crippen molar-refractivity contribution in [3.8, 4) is 5.69 Å². The lowest BCUT2D eigenvalue weighted by molar-refractivity contribution is 0.0688. The van der Waals surface area contributed by atoms with Gasteiger partial charge >= 0.3 is 5.97 Å². The minimum absolute atomic E-state index is 0.210. The van der Waals surface area contributed by atoms with Crippen LogP contribution in [0.25, 0.3) is 5.69 Å². The highest BCUT2D eigenvalue weighted by molar-refractivity contribution is 9.10. The van der Waals surface area contributed by atoms with Crippen LogP contribution in [-0.2, 0) is 12.8 Å². The largest absolute Gasteiger partial charge is 0.476 e. The zero-order valence-electron chi connectivity index (χ0n) is 11.2. The van der Waals surface area contributed by atoms with Crippen LogP contribution in [-0.4, -0.2) is 20.9 Å². The summed E-state index contributed by atoms with van der Waals surface area (Å²) in [7, 11) is 0. The number of carboxylic acids is 1. The lowest BCUT2D eigenvalue weighted by Crippen LogP contribution is -2.09. The number of nitrogens with zero attached hydrogens (tertiary/aromatic N) is 2. The third kappa shape index (κ3) is 2.16. The second kappa shape index (κ2) is 5.05. The number of hydrogen-bond acceptors (Lipinski definition) is 2. The molecule has 4 nitrogen and oxygen atoms in total. The topological polar surface area (TPSA) is 55.1 Å². The first kappa shape index (κ1) is 13.4. The van der Waals surface area contributed by atoms with Gasteiger partial charge in [0.25, 0.3) is 0 Å². The molecule has 1 N–H and O–H groups in total. The Labute approximate surface area is 125 Å². The van der Waals surface area contributed by atoms with Crippen LogP contribution in [0.3, 0.4) is 0 Å². The monoisotopic (exact) mass is 334 g/mol. The zero-order chi connectivity index (χ0) is 14.3. The SMILES string of the molecule is Cc1cc(Br)ccc1-n1nc(C(=O)O)c2c1CCCC2. The maximum absolute atomic E-state index is 11.4. The molecule has 0 radical (unpaired) electrons. The molecule has 1 aliphatic rings. The number of rotatable bonds is 2. The summed E-state index contributed by atoms with van der Waals surface area (Å²) in [4.78, 5) is 11.4. The van der Waals surface area contributed by atoms with Gasteiger partial charge in [-0.05, 0) is 56.4 Å². The third-order valence-electron chi connectivity index (χ3n) is 3.77. The van der Waals surface area contributed by atoms with Crippen molar-refractivity contribution >= 4 is 21.9 Å². The minimum Gasteiger partial charge on any atom is -0.476 e. The van der Waals surface area contributed by atoms with E-state index in [0.29, 0.717) is 0 Å². The Morgan fingerprint density at radius 1 is 1.35 bits per heavy atom. The van der Waals surface area contributed by atoms with Crippen molar-refractivity contribution in [3.05, 3.63) is 45.2 Å². The smallest absolute Gasteiger partial charge is 0.356 e. The molecule has 1 aromatic carbocycles. The number of hydrogen-bond donors (Lipinski definition) is 1. The molecule has 104 valence electrons. The molecule has 0 amide bonds. The number of aryl methyl sites for hydroxylation is 1. The number of aromatic carboxylic acids is 1. The Hall–Kier alpha value is -1.62. The van der Waals surface area contributed by atoms with Crippen LogP contribution < -0.4 is 0 Å².